The average molecular weight is 436 g/mol. The Morgan fingerprint density at radius 2 is 2.00 bits per heavy atom. The lowest BCUT2D eigenvalue weighted by Gasteiger charge is -2.22. The number of aliphatic carboxylic acids is 1. The first-order valence-corrected chi connectivity index (χ1v) is 9.27. The first kappa shape index (κ1) is 19.8. The second kappa shape index (κ2) is 7.75. The van der Waals surface area contributed by atoms with Crippen LogP contribution in [0.25, 0.3) is 0 Å². The molecular formula is C18H15ClFN5O5. The Kier molecular flexibility index (Phi) is 5.12. The topological polar surface area (TPSA) is 116 Å². The van der Waals surface area contributed by atoms with E-state index in [1.165, 1.54) is 23.4 Å². The van der Waals surface area contributed by atoms with Gasteiger partial charge in [-0.2, -0.15) is 0 Å². The van der Waals surface area contributed by atoms with Crippen LogP contribution in [0.3, 0.4) is 0 Å². The van der Waals surface area contributed by atoms with Crippen LogP contribution in [0.4, 0.5) is 20.6 Å². The summed E-state index contributed by atoms with van der Waals surface area (Å²) in [5, 5.41) is 8.79. The molecule has 1 aromatic carbocycles. The number of carboxylic acids is 1. The summed E-state index contributed by atoms with van der Waals surface area (Å²) < 4.78 is 20.3. The largest absolute Gasteiger partial charge is 0.480 e. The summed E-state index contributed by atoms with van der Waals surface area (Å²) in [6.45, 7) is 0.103. The van der Waals surface area contributed by atoms with Crippen LogP contribution < -0.4 is 14.5 Å². The zero-order chi connectivity index (χ0) is 21.4. The monoisotopic (exact) mass is 435 g/mol. The molecule has 12 heteroatoms. The van der Waals surface area contributed by atoms with Gasteiger partial charge in [-0.25, -0.2) is 19.2 Å². The predicted molar refractivity (Wildman–Crippen MR) is 103 cm³/mol. The number of anilines is 2. The van der Waals surface area contributed by atoms with Gasteiger partial charge in [-0.15, -0.1) is 0 Å². The van der Waals surface area contributed by atoms with Gasteiger partial charge in [0.25, 0.3) is 5.91 Å². The molecule has 30 heavy (non-hydrogen) atoms. The maximum atomic E-state index is 14.9. The third-order valence-electron chi connectivity index (χ3n) is 4.73. The molecule has 0 radical (unpaired) electrons. The van der Waals surface area contributed by atoms with E-state index in [4.69, 9.17) is 21.4 Å². The fraction of sp³-hybridized carbons (Fsp3) is 0.278. The van der Waals surface area contributed by atoms with Gasteiger partial charge in [-0.05, 0) is 18.2 Å². The van der Waals surface area contributed by atoms with Crippen molar-refractivity contribution in [3.63, 3.8) is 0 Å². The molecule has 0 spiro atoms. The zero-order valence-corrected chi connectivity index (χ0v) is 16.2. The number of rotatable bonds is 4. The molecular weight excluding hydrogens is 421 g/mol. The van der Waals surface area contributed by atoms with Crippen molar-refractivity contribution in [2.75, 3.05) is 42.6 Å². The zero-order valence-electron chi connectivity index (χ0n) is 15.4. The lowest BCUT2D eigenvalue weighted by Crippen LogP contribution is -2.35. The van der Waals surface area contributed by atoms with Gasteiger partial charge in [0.15, 0.2) is 0 Å². The van der Waals surface area contributed by atoms with Crippen LogP contribution in [0.5, 0.6) is 5.88 Å². The second-order valence-corrected chi connectivity index (χ2v) is 6.89. The molecule has 0 unspecified atom stereocenters. The Morgan fingerprint density at radius 1 is 1.20 bits per heavy atom. The van der Waals surface area contributed by atoms with Crippen LogP contribution in [0.15, 0.2) is 24.5 Å². The molecule has 1 aromatic heterocycles. The lowest BCUT2D eigenvalue weighted by atomic mass is 10.2. The molecule has 0 aliphatic carbocycles. The van der Waals surface area contributed by atoms with Gasteiger partial charge in [0, 0.05) is 18.8 Å². The molecule has 156 valence electrons. The molecule has 2 aliphatic heterocycles. The van der Waals surface area contributed by atoms with Gasteiger partial charge < -0.3 is 19.6 Å². The molecule has 1 saturated heterocycles. The highest BCUT2D eigenvalue weighted by molar-refractivity contribution is 6.33. The SMILES string of the molecule is O=C(O)CN1CCN(c2ccc(N3CCOc4ncnc(Cl)c4C3=O)cc2F)C1=O. The minimum Gasteiger partial charge on any atom is -0.480 e. The van der Waals surface area contributed by atoms with Crippen molar-refractivity contribution in [3.8, 4) is 5.88 Å². The second-order valence-electron chi connectivity index (χ2n) is 6.54. The summed E-state index contributed by atoms with van der Waals surface area (Å²) >= 11 is 6.03. The van der Waals surface area contributed by atoms with E-state index in [0.29, 0.717) is 0 Å². The normalized spacial score (nSPS) is 16.4. The summed E-state index contributed by atoms with van der Waals surface area (Å²) in [6, 6.07) is 3.40. The number of ether oxygens (including phenoxy) is 1. The number of halogens is 2. The van der Waals surface area contributed by atoms with Crippen molar-refractivity contribution in [2.24, 2.45) is 0 Å². The Hall–Kier alpha value is -3.47. The van der Waals surface area contributed by atoms with E-state index in [9.17, 15) is 18.8 Å². The minimum atomic E-state index is -1.15. The highest BCUT2D eigenvalue weighted by atomic mass is 35.5. The fourth-order valence-electron chi connectivity index (χ4n) is 3.35. The number of amides is 3. The smallest absolute Gasteiger partial charge is 0.325 e. The van der Waals surface area contributed by atoms with Gasteiger partial charge in [0.1, 0.15) is 36.0 Å². The number of carboxylic acid groups (broad SMARTS) is 1. The highest BCUT2D eigenvalue weighted by Crippen LogP contribution is 2.31. The Morgan fingerprint density at radius 3 is 2.73 bits per heavy atom. The maximum absolute atomic E-state index is 14.9. The summed E-state index contributed by atoms with van der Waals surface area (Å²) in [5.74, 6) is -2.36. The van der Waals surface area contributed by atoms with Crippen molar-refractivity contribution < 1.29 is 28.6 Å². The quantitative estimate of drug-likeness (QED) is 0.725. The van der Waals surface area contributed by atoms with E-state index in [-0.39, 0.29) is 54.2 Å². The Balaban J connectivity index is 1.61. The molecule has 3 heterocycles. The van der Waals surface area contributed by atoms with Crippen LogP contribution in [-0.4, -0.2) is 70.7 Å². The van der Waals surface area contributed by atoms with E-state index >= 15 is 0 Å². The van der Waals surface area contributed by atoms with Crippen LogP contribution >= 0.6 is 11.6 Å². The number of carbonyl (C=O) groups excluding carboxylic acids is 2. The van der Waals surface area contributed by atoms with E-state index < -0.39 is 30.3 Å². The molecule has 0 bridgehead atoms. The molecule has 4 rings (SSSR count). The molecule has 0 atom stereocenters. The van der Waals surface area contributed by atoms with Crippen LogP contribution in [-0.2, 0) is 4.79 Å². The number of carbonyl (C=O) groups is 3. The molecule has 2 aromatic rings. The minimum absolute atomic E-state index is 0.00285. The Labute approximate surface area is 174 Å². The van der Waals surface area contributed by atoms with Gasteiger partial charge in [-0.3, -0.25) is 14.5 Å². The lowest BCUT2D eigenvalue weighted by molar-refractivity contribution is -0.137. The van der Waals surface area contributed by atoms with Gasteiger partial charge >= 0.3 is 12.0 Å². The number of aromatic nitrogens is 2. The van der Waals surface area contributed by atoms with Gasteiger partial charge in [0.2, 0.25) is 5.88 Å². The number of hydrogen-bond donors (Lipinski definition) is 1. The highest BCUT2D eigenvalue weighted by Gasteiger charge is 2.33. The van der Waals surface area contributed by atoms with Crippen molar-refractivity contribution in [2.45, 2.75) is 0 Å². The number of nitrogens with zero attached hydrogens (tertiary/aromatic N) is 5. The van der Waals surface area contributed by atoms with E-state index in [2.05, 4.69) is 9.97 Å². The predicted octanol–water partition coefficient (Wildman–Crippen LogP) is 1.63. The van der Waals surface area contributed by atoms with E-state index in [0.717, 1.165) is 15.9 Å². The molecule has 0 saturated carbocycles. The van der Waals surface area contributed by atoms with Crippen molar-refractivity contribution in [1.82, 2.24) is 14.9 Å². The van der Waals surface area contributed by atoms with E-state index in [1.807, 2.05) is 0 Å². The number of urea groups is 1. The van der Waals surface area contributed by atoms with Crippen LogP contribution in [0.2, 0.25) is 5.15 Å². The third kappa shape index (κ3) is 3.47. The molecule has 2 aliphatic rings. The van der Waals surface area contributed by atoms with Gasteiger partial charge in [0.05, 0.1) is 12.2 Å². The maximum Gasteiger partial charge on any atom is 0.325 e. The first-order valence-electron chi connectivity index (χ1n) is 8.89. The molecule has 1 N–H and O–H groups in total. The average Bonchev–Trinajstić information content (AvgIpc) is 2.94. The number of fused-ring (bicyclic) bond motifs is 1. The number of benzene rings is 1. The van der Waals surface area contributed by atoms with Crippen LogP contribution in [0, 0.1) is 5.82 Å². The van der Waals surface area contributed by atoms with Crippen LogP contribution in [0.1, 0.15) is 10.4 Å². The molecule has 10 nitrogen and oxygen atoms in total. The van der Waals surface area contributed by atoms with Crippen molar-refractivity contribution >= 4 is 40.9 Å². The first-order chi connectivity index (χ1) is 14.4. The van der Waals surface area contributed by atoms with E-state index in [1.54, 1.807) is 0 Å². The van der Waals surface area contributed by atoms with Crippen molar-refractivity contribution in [3.05, 3.63) is 41.1 Å². The summed E-state index contributed by atoms with van der Waals surface area (Å²) in [7, 11) is 0. The number of hydrogen-bond acceptors (Lipinski definition) is 6. The summed E-state index contributed by atoms with van der Waals surface area (Å²) in [4.78, 5) is 47.4. The summed E-state index contributed by atoms with van der Waals surface area (Å²) in [6.07, 6.45) is 1.18. The fourth-order valence-corrected chi connectivity index (χ4v) is 3.56. The third-order valence-corrected chi connectivity index (χ3v) is 5.02. The van der Waals surface area contributed by atoms with Crippen molar-refractivity contribution in [1.29, 1.82) is 0 Å². The standard InChI is InChI=1S/C18H15ClFN5O5/c19-15-14-16(22-9-21-15)30-6-5-24(17(14)28)10-1-2-12(11(20)7-10)25-4-3-23(18(25)29)8-13(26)27/h1-2,7,9H,3-6,8H2,(H,26,27). The summed E-state index contributed by atoms with van der Waals surface area (Å²) in [5.41, 5.74) is 0.226. The Bertz CT molecular complexity index is 1050. The van der Waals surface area contributed by atoms with Gasteiger partial charge in [-0.1, -0.05) is 11.6 Å². The molecule has 1 fully saturated rings. The molecule has 3 amide bonds.